The van der Waals surface area contributed by atoms with Gasteiger partial charge in [-0.15, -0.1) is 0 Å². The number of nitrogens with one attached hydrogen (secondary N) is 1. The lowest BCUT2D eigenvalue weighted by atomic mass is 10.1. The van der Waals surface area contributed by atoms with E-state index >= 15 is 0 Å². The van der Waals surface area contributed by atoms with Crippen LogP contribution < -0.4 is 9.50 Å². The van der Waals surface area contributed by atoms with Gasteiger partial charge in [0.05, 0.1) is 0 Å². The topological polar surface area (TPSA) is 72.7 Å². The minimum Gasteiger partial charge on any atom is -0.379 e. The highest BCUT2D eigenvalue weighted by Crippen LogP contribution is 2.33. The molecule has 0 aliphatic heterocycles. The quantitative estimate of drug-likeness (QED) is 0.234. The fraction of sp³-hybridized carbons (Fsp3) is 0.0645. The van der Waals surface area contributed by atoms with Gasteiger partial charge in [0.25, 0.3) is 0 Å². The van der Waals surface area contributed by atoms with Crippen LogP contribution in [0.1, 0.15) is 11.1 Å². The third kappa shape index (κ3) is 4.60. The van der Waals surface area contributed by atoms with Crippen molar-refractivity contribution in [2.24, 2.45) is 0 Å². The molecule has 0 atom stereocenters. The molecule has 2 aromatic heterocycles. The van der Waals surface area contributed by atoms with Gasteiger partial charge >= 0.3 is 10.1 Å². The minimum absolute atomic E-state index is 0.134. The molecule has 38 heavy (non-hydrogen) atoms. The van der Waals surface area contributed by atoms with Gasteiger partial charge in [0, 0.05) is 23.7 Å². The zero-order valence-corrected chi connectivity index (χ0v) is 21.5. The first-order chi connectivity index (χ1) is 18.5. The molecular weight excluding hydrogens is 494 g/mol. The molecule has 0 bridgehead atoms. The van der Waals surface area contributed by atoms with Crippen molar-refractivity contribution in [1.82, 2.24) is 9.38 Å². The average molecular weight is 520 g/mol. The third-order valence-electron chi connectivity index (χ3n) is 6.42. The molecule has 0 aliphatic rings. The summed E-state index contributed by atoms with van der Waals surface area (Å²) in [4.78, 5) is 5.02. The zero-order valence-electron chi connectivity index (χ0n) is 20.7. The molecule has 6 nitrogen and oxygen atoms in total. The van der Waals surface area contributed by atoms with Crippen molar-refractivity contribution in [3.8, 4) is 17.0 Å². The summed E-state index contributed by atoms with van der Waals surface area (Å²) in [6.45, 7) is 2.64. The van der Waals surface area contributed by atoms with Crippen LogP contribution in [0.15, 0.2) is 120 Å². The summed E-state index contributed by atoms with van der Waals surface area (Å²) in [6.07, 6.45) is 1.99. The lowest BCUT2D eigenvalue weighted by Gasteiger charge is -2.12. The Morgan fingerprint density at radius 3 is 2.47 bits per heavy atom. The molecule has 0 aliphatic carbocycles. The Kier molecular flexibility index (Phi) is 6.05. The minimum atomic E-state index is -4.07. The molecular formula is C31H25N3O3S. The number of hydrogen-bond donors (Lipinski definition) is 1. The van der Waals surface area contributed by atoms with Gasteiger partial charge in [-0.05, 0) is 53.8 Å². The molecule has 188 valence electrons. The maximum atomic E-state index is 13.3. The first-order valence-corrected chi connectivity index (χ1v) is 13.7. The van der Waals surface area contributed by atoms with Crippen LogP contribution in [0.5, 0.6) is 5.75 Å². The van der Waals surface area contributed by atoms with Crippen LogP contribution in [-0.4, -0.2) is 17.8 Å². The third-order valence-corrected chi connectivity index (χ3v) is 7.72. The predicted molar refractivity (Wildman–Crippen MR) is 151 cm³/mol. The smallest absolute Gasteiger partial charge is 0.339 e. The number of aryl methyl sites for hydroxylation is 1. The van der Waals surface area contributed by atoms with E-state index in [-0.39, 0.29) is 10.6 Å². The summed E-state index contributed by atoms with van der Waals surface area (Å²) >= 11 is 0. The van der Waals surface area contributed by atoms with Crippen LogP contribution in [0, 0.1) is 6.92 Å². The van der Waals surface area contributed by atoms with E-state index in [2.05, 4.69) is 17.4 Å². The van der Waals surface area contributed by atoms with E-state index in [0.29, 0.717) is 17.6 Å². The second kappa shape index (κ2) is 9.68. The SMILES string of the molecule is Cc1ccn2c(NCc3ccccc3)c(-c3cccc(OS(=O)(=O)c4cccc5ccccc45)c3)nc2c1. The van der Waals surface area contributed by atoms with Gasteiger partial charge in [0.2, 0.25) is 0 Å². The Hall–Kier alpha value is -4.62. The average Bonchev–Trinajstić information content (AvgIpc) is 3.29. The van der Waals surface area contributed by atoms with Crippen LogP contribution >= 0.6 is 0 Å². The largest absolute Gasteiger partial charge is 0.379 e. The Labute approximate surface area is 221 Å². The second-order valence-electron chi connectivity index (χ2n) is 9.12. The monoisotopic (exact) mass is 519 g/mol. The number of pyridine rings is 1. The fourth-order valence-corrected chi connectivity index (χ4v) is 5.73. The number of nitrogens with zero attached hydrogens (tertiary/aromatic N) is 2. The number of benzene rings is 4. The van der Waals surface area contributed by atoms with Crippen molar-refractivity contribution in [2.45, 2.75) is 18.4 Å². The van der Waals surface area contributed by atoms with Gasteiger partial charge in [-0.1, -0.05) is 78.9 Å². The molecule has 0 spiro atoms. The summed E-state index contributed by atoms with van der Waals surface area (Å²) in [5.74, 6) is 1.04. The lowest BCUT2D eigenvalue weighted by molar-refractivity contribution is 0.487. The summed E-state index contributed by atoms with van der Waals surface area (Å²) in [5.41, 5.74) is 4.48. The molecule has 0 amide bonds. The lowest BCUT2D eigenvalue weighted by Crippen LogP contribution is -2.10. The zero-order chi connectivity index (χ0) is 26.1. The molecule has 4 aromatic carbocycles. The van der Waals surface area contributed by atoms with Crippen molar-refractivity contribution >= 4 is 32.4 Å². The normalized spacial score (nSPS) is 11.6. The summed E-state index contributed by atoms with van der Waals surface area (Å²) in [5, 5.41) is 4.98. The maximum Gasteiger partial charge on any atom is 0.339 e. The summed E-state index contributed by atoms with van der Waals surface area (Å²) < 4.78 is 34.3. The first-order valence-electron chi connectivity index (χ1n) is 12.3. The number of rotatable bonds is 7. The molecule has 2 heterocycles. The van der Waals surface area contributed by atoms with Gasteiger partial charge < -0.3 is 9.50 Å². The van der Waals surface area contributed by atoms with Crippen molar-refractivity contribution in [3.05, 3.63) is 127 Å². The molecule has 0 radical (unpaired) electrons. The summed E-state index contributed by atoms with van der Waals surface area (Å²) in [7, 11) is -4.07. The molecule has 1 N–H and O–H groups in total. The highest BCUT2D eigenvalue weighted by atomic mass is 32.2. The van der Waals surface area contributed by atoms with Gasteiger partial charge in [-0.3, -0.25) is 4.40 Å². The van der Waals surface area contributed by atoms with E-state index in [9.17, 15) is 8.42 Å². The van der Waals surface area contributed by atoms with Crippen molar-refractivity contribution in [2.75, 3.05) is 5.32 Å². The highest BCUT2D eigenvalue weighted by Gasteiger charge is 2.21. The molecule has 0 unspecified atom stereocenters. The van der Waals surface area contributed by atoms with E-state index in [1.54, 1.807) is 36.4 Å². The van der Waals surface area contributed by atoms with E-state index in [0.717, 1.165) is 33.5 Å². The molecule has 7 heteroatoms. The van der Waals surface area contributed by atoms with Crippen LogP contribution in [0.25, 0.3) is 27.7 Å². The predicted octanol–water partition coefficient (Wildman–Crippen LogP) is 6.84. The summed E-state index contributed by atoms with van der Waals surface area (Å²) in [6, 6.07) is 33.7. The Balaban J connectivity index is 1.38. The van der Waals surface area contributed by atoms with Crippen LogP contribution in [-0.2, 0) is 16.7 Å². The Morgan fingerprint density at radius 1 is 0.842 bits per heavy atom. The van der Waals surface area contributed by atoms with Crippen LogP contribution in [0.2, 0.25) is 0 Å². The van der Waals surface area contributed by atoms with E-state index in [1.807, 2.05) is 78.2 Å². The molecule has 0 saturated heterocycles. The second-order valence-corrected chi connectivity index (χ2v) is 10.6. The molecule has 6 aromatic rings. The molecule has 6 rings (SSSR count). The number of anilines is 1. The van der Waals surface area contributed by atoms with Gasteiger partial charge in [-0.2, -0.15) is 8.42 Å². The number of fused-ring (bicyclic) bond motifs is 2. The number of aromatic nitrogens is 2. The molecule has 0 saturated carbocycles. The van der Waals surface area contributed by atoms with Crippen molar-refractivity contribution < 1.29 is 12.6 Å². The first kappa shape index (κ1) is 23.8. The van der Waals surface area contributed by atoms with Crippen molar-refractivity contribution in [1.29, 1.82) is 0 Å². The highest BCUT2D eigenvalue weighted by molar-refractivity contribution is 7.87. The number of hydrogen-bond acceptors (Lipinski definition) is 5. The van der Waals surface area contributed by atoms with Gasteiger partial charge in [0.1, 0.15) is 27.8 Å². The molecule has 0 fully saturated rings. The van der Waals surface area contributed by atoms with Gasteiger partial charge in [-0.25, -0.2) is 4.98 Å². The fourth-order valence-electron chi connectivity index (χ4n) is 4.58. The van der Waals surface area contributed by atoms with Crippen LogP contribution in [0.3, 0.4) is 0 Å². The standard InChI is InChI=1S/C31H25N3O3S/c1-22-17-18-34-29(19-22)33-30(31(34)32-21-23-9-3-2-4-10-23)25-13-7-14-26(20-25)37-38(35,36)28-16-8-12-24-11-5-6-15-27(24)28/h2-20,32H,21H2,1H3. The van der Waals surface area contributed by atoms with E-state index in [4.69, 9.17) is 9.17 Å². The van der Waals surface area contributed by atoms with Gasteiger partial charge in [0.15, 0.2) is 0 Å². The van der Waals surface area contributed by atoms with Crippen molar-refractivity contribution in [3.63, 3.8) is 0 Å². The maximum absolute atomic E-state index is 13.3. The van der Waals surface area contributed by atoms with Crippen LogP contribution in [0.4, 0.5) is 5.82 Å². The number of imidazole rings is 1. The Bertz CT molecular complexity index is 1870. The Morgan fingerprint density at radius 2 is 1.61 bits per heavy atom. The van der Waals surface area contributed by atoms with E-state index in [1.165, 1.54) is 0 Å². The van der Waals surface area contributed by atoms with E-state index < -0.39 is 10.1 Å².